The van der Waals surface area contributed by atoms with E-state index < -0.39 is 12.0 Å². The van der Waals surface area contributed by atoms with E-state index in [2.05, 4.69) is 5.32 Å². The molecule has 19 heavy (non-hydrogen) atoms. The first-order valence-corrected chi connectivity index (χ1v) is 5.91. The number of carbonyl (C=O) groups is 2. The average molecular weight is 266 g/mol. The standard InChI is InChI=1S/C13H18N2O4/c1-4-19-13(18)15(3)8-12(17)14-10-6-5-9(2)7-11(10)16/h5-7,16H,4,8H2,1-3H3,(H,14,17). The molecule has 0 aliphatic carbocycles. The number of rotatable bonds is 4. The quantitative estimate of drug-likeness (QED) is 0.813. The number of hydrogen-bond donors (Lipinski definition) is 2. The van der Waals surface area contributed by atoms with Gasteiger partial charge in [-0.2, -0.15) is 0 Å². The van der Waals surface area contributed by atoms with Crippen LogP contribution in [-0.4, -0.2) is 42.2 Å². The van der Waals surface area contributed by atoms with Crippen LogP contribution in [0.1, 0.15) is 12.5 Å². The molecule has 0 spiro atoms. The molecule has 104 valence electrons. The van der Waals surface area contributed by atoms with Gasteiger partial charge in [0.2, 0.25) is 5.91 Å². The van der Waals surface area contributed by atoms with E-state index in [9.17, 15) is 14.7 Å². The molecule has 0 heterocycles. The third-order valence-corrected chi connectivity index (χ3v) is 2.39. The van der Waals surface area contributed by atoms with Crippen LogP contribution in [0, 0.1) is 6.92 Å². The highest BCUT2D eigenvalue weighted by molar-refractivity contribution is 5.95. The fraction of sp³-hybridized carbons (Fsp3) is 0.385. The van der Waals surface area contributed by atoms with Crippen LogP contribution in [-0.2, 0) is 9.53 Å². The second kappa shape index (κ2) is 6.63. The molecule has 0 radical (unpaired) electrons. The number of nitrogens with one attached hydrogen (secondary N) is 1. The lowest BCUT2D eigenvalue weighted by atomic mass is 10.2. The van der Waals surface area contributed by atoms with Crippen LogP contribution in [0.3, 0.4) is 0 Å². The minimum absolute atomic E-state index is 0.00728. The maximum Gasteiger partial charge on any atom is 0.409 e. The van der Waals surface area contributed by atoms with Crippen molar-refractivity contribution in [3.8, 4) is 5.75 Å². The normalized spacial score (nSPS) is 9.84. The van der Waals surface area contributed by atoms with Crippen molar-refractivity contribution in [3.63, 3.8) is 0 Å². The van der Waals surface area contributed by atoms with Gasteiger partial charge in [0, 0.05) is 7.05 Å². The van der Waals surface area contributed by atoms with E-state index in [1.807, 2.05) is 6.92 Å². The van der Waals surface area contributed by atoms with Crippen LogP contribution in [0.2, 0.25) is 0 Å². The van der Waals surface area contributed by atoms with Gasteiger partial charge in [-0.05, 0) is 31.5 Å². The van der Waals surface area contributed by atoms with Gasteiger partial charge in [-0.3, -0.25) is 4.79 Å². The van der Waals surface area contributed by atoms with E-state index in [1.54, 1.807) is 25.1 Å². The van der Waals surface area contributed by atoms with E-state index in [1.165, 1.54) is 7.05 Å². The Balaban J connectivity index is 2.58. The van der Waals surface area contributed by atoms with E-state index in [0.717, 1.165) is 10.5 Å². The predicted octanol–water partition coefficient (Wildman–Crippen LogP) is 1.73. The van der Waals surface area contributed by atoms with Crippen LogP contribution < -0.4 is 5.32 Å². The molecule has 0 atom stereocenters. The number of nitrogens with zero attached hydrogens (tertiary/aromatic N) is 1. The molecular weight excluding hydrogens is 248 g/mol. The summed E-state index contributed by atoms with van der Waals surface area (Å²) in [5.41, 5.74) is 1.20. The summed E-state index contributed by atoms with van der Waals surface area (Å²) in [7, 11) is 1.46. The maximum atomic E-state index is 11.7. The number of hydrogen-bond acceptors (Lipinski definition) is 4. The van der Waals surface area contributed by atoms with E-state index >= 15 is 0 Å². The summed E-state index contributed by atoms with van der Waals surface area (Å²) < 4.78 is 4.75. The third kappa shape index (κ3) is 4.50. The van der Waals surface area contributed by atoms with Crippen LogP contribution in [0.25, 0.3) is 0 Å². The molecule has 2 N–H and O–H groups in total. The fourth-order valence-corrected chi connectivity index (χ4v) is 1.45. The van der Waals surface area contributed by atoms with Gasteiger partial charge in [-0.25, -0.2) is 4.79 Å². The molecule has 0 saturated carbocycles. The van der Waals surface area contributed by atoms with Crippen LogP contribution in [0.5, 0.6) is 5.75 Å². The number of aromatic hydroxyl groups is 1. The molecule has 6 nitrogen and oxygen atoms in total. The Bertz CT molecular complexity index is 474. The number of phenolic OH excluding ortho intramolecular Hbond substituents is 1. The Labute approximate surface area is 112 Å². The minimum Gasteiger partial charge on any atom is -0.506 e. The molecule has 0 fully saturated rings. The van der Waals surface area contributed by atoms with E-state index in [0.29, 0.717) is 5.69 Å². The third-order valence-electron chi connectivity index (χ3n) is 2.39. The van der Waals surface area contributed by atoms with Gasteiger partial charge in [-0.15, -0.1) is 0 Å². The topological polar surface area (TPSA) is 78.9 Å². The van der Waals surface area contributed by atoms with Crippen molar-refractivity contribution in [1.82, 2.24) is 4.90 Å². The lowest BCUT2D eigenvalue weighted by Gasteiger charge is -2.16. The summed E-state index contributed by atoms with van der Waals surface area (Å²) in [5, 5.41) is 12.2. The molecule has 0 aliphatic rings. The minimum atomic E-state index is -0.564. The van der Waals surface area contributed by atoms with E-state index in [4.69, 9.17) is 4.74 Å². The van der Waals surface area contributed by atoms with Crippen molar-refractivity contribution in [3.05, 3.63) is 23.8 Å². The second-order valence-corrected chi connectivity index (χ2v) is 4.12. The summed E-state index contributed by atoms with van der Waals surface area (Å²) in [4.78, 5) is 24.2. The first-order chi connectivity index (χ1) is 8.93. The highest BCUT2D eigenvalue weighted by Crippen LogP contribution is 2.23. The maximum absolute atomic E-state index is 11.7. The van der Waals surface area contributed by atoms with Crippen LogP contribution in [0.15, 0.2) is 18.2 Å². The molecule has 0 bridgehead atoms. The SMILES string of the molecule is CCOC(=O)N(C)CC(=O)Nc1ccc(C)cc1O. The lowest BCUT2D eigenvalue weighted by molar-refractivity contribution is -0.116. The summed E-state index contributed by atoms with van der Waals surface area (Å²) in [6.45, 7) is 3.63. The summed E-state index contributed by atoms with van der Waals surface area (Å²) in [6, 6.07) is 4.92. The Kier molecular flexibility index (Phi) is 5.17. The largest absolute Gasteiger partial charge is 0.506 e. The predicted molar refractivity (Wildman–Crippen MR) is 71.1 cm³/mol. The molecule has 1 aromatic rings. The van der Waals surface area contributed by atoms with Crippen molar-refractivity contribution < 1.29 is 19.4 Å². The van der Waals surface area contributed by atoms with Crippen molar-refractivity contribution in [2.24, 2.45) is 0 Å². The van der Waals surface area contributed by atoms with Gasteiger partial charge in [0.15, 0.2) is 0 Å². The number of amides is 2. The number of aryl methyl sites for hydroxylation is 1. The highest BCUT2D eigenvalue weighted by Gasteiger charge is 2.14. The Morgan fingerprint density at radius 2 is 2.11 bits per heavy atom. The Morgan fingerprint density at radius 1 is 1.42 bits per heavy atom. The van der Waals surface area contributed by atoms with Crippen LogP contribution in [0.4, 0.5) is 10.5 Å². The lowest BCUT2D eigenvalue weighted by Crippen LogP contribution is -2.35. The summed E-state index contributed by atoms with van der Waals surface area (Å²) in [6.07, 6.45) is -0.564. The highest BCUT2D eigenvalue weighted by atomic mass is 16.6. The van der Waals surface area contributed by atoms with Crippen LogP contribution >= 0.6 is 0 Å². The Hall–Kier alpha value is -2.24. The number of phenols is 1. The zero-order valence-electron chi connectivity index (χ0n) is 11.3. The van der Waals surface area contributed by atoms with Gasteiger partial charge >= 0.3 is 6.09 Å². The van der Waals surface area contributed by atoms with Crippen molar-refractivity contribution in [1.29, 1.82) is 0 Å². The Morgan fingerprint density at radius 3 is 2.68 bits per heavy atom. The number of anilines is 1. The first-order valence-electron chi connectivity index (χ1n) is 5.91. The smallest absolute Gasteiger partial charge is 0.409 e. The molecule has 0 aromatic heterocycles. The summed E-state index contributed by atoms with van der Waals surface area (Å²) in [5.74, 6) is -0.415. The zero-order valence-corrected chi connectivity index (χ0v) is 11.3. The van der Waals surface area contributed by atoms with Gasteiger partial charge < -0.3 is 20.1 Å². The molecule has 1 aromatic carbocycles. The summed E-state index contributed by atoms with van der Waals surface area (Å²) >= 11 is 0. The number of carbonyl (C=O) groups excluding carboxylic acids is 2. The molecule has 0 saturated heterocycles. The molecule has 6 heteroatoms. The molecule has 1 rings (SSSR count). The van der Waals surface area contributed by atoms with Crippen molar-refractivity contribution in [2.75, 3.05) is 25.5 Å². The fourth-order valence-electron chi connectivity index (χ4n) is 1.45. The second-order valence-electron chi connectivity index (χ2n) is 4.12. The molecular formula is C13H18N2O4. The van der Waals surface area contributed by atoms with Crippen molar-refractivity contribution >= 4 is 17.7 Å². The molecule has 0 unspecified atom stereocenters. The van der Waals surface area contributed by atoms with Gasteiger partial charge in [0.25, 0.3) is 0 Å². The molecule has 0 aliphatic heterocycles. The monoisotopic (exact) mass is 266 g/mol. The van der Waals surface area contributed by atoms with E-state index in [-0.39, 0.29) is 18.9 Å². The number of ether oxygens (including phenoxy) is 1. The zero-order chi connectivity index (χ0) is 14.4. The first kappa shape index (κ1) is 14.8. The number of benzene rings is 1. The van der Waals surface area contributed by atoms with Gasteiger partial charge in [0.1, 0.15) is 12.3 Å². The van der Waals surface area contributed by atoms with Crippen molar-refractivity contribution in [2.45, 2.75) is 13.8 Å². The number of likely N-dealkylation sites (N-methyl/N-ethyl adjacent to an activating group) is 1. The average Bonchev–Trinajstić information content (AvgIpc) is 2.33. The molecule has 2 amide bonds. The van der Waals surface area contributed by atoms with Gasteiger partial charge in [-0.1, -0.05) is 6.07 Å². The van der Waals surface area contributed by atoms with Gasteiger partial charge in [0.05, 0.1) is 12.3 Å².